The van der Waals surface area contributed by atoms with Gasteiger partial charge in [0, 0.05) is 18.6 Å². The Morgan fingerprint density at radius 2 is 1.89 bits per heavy atom. The summed E-state index contributed by atoms with van der Waals surface area (Å²) in [5, 5.41) is 2.89. The van der Waals surface area contributed by atoms with Crippen molar-refractivity contribution in [3.8, 4) is 11.5 Å². The molecular formula is C20H21N3O5. The molecule has 1 unspecified atom stereocenters. The van der Waals surface area contributed by atoms with Gasteiger partial charge in [-0.25, -0.2) is 4.98 Å². The Kier molecular flexibility index (Phi) is 5.78. The van der Waals surface area contributed by atoms with Crippen LogP contribution in [0.25, 0.3) is 5.65 Å². The molecule has 2 aromatic heterocycles. The molecule has 0 aliphatic rings. The molecule has 0 radical (unpaired) electrons. The van der Waals surface area contributed by atoms with E-state index in [1.165, 1.54) is 21.3 Å². The molecule has 3 aromatic rings. The average molecular weight is 383 g/mol. The number of hydrogen-bond donors (Lipinski definition) is 1. The van der Waals surface area contributed by atoms with Crippen molar-refractivity contribution in [2.24, 2.45) is 0 Å². The summed E-state index contributed by atoms with van der Waals surface area (Å²) < 4.78 is 17.1. The number of hydrogen-bond acceptors (Lipinski definition) is 6. The van der Waals surface area contributed by atoms with Gasteiger partial charge in [0.05, 0.1) is 39.4 Å². The molecule has 0 bridgehead atoms. The Balaban J connectivity index is 1.89. The number of methoxy groups -OCH3 is 3. The smallest absolute Gasteiger partial charge is 0.307 e. The number of nitrogens with zero attached hydrogens (tertiary/aromatic N) is 2. The summed E-state index contributed by atoms with van der Waals surface area (Å²) in [5.74, 6) is 0.299. The van der Waals surface area contributed by atoms with E-state index in [4.69, 9.17) is 14.2 Å². The zero-order chi connectivity index (χ0) is 20.1. The van der Waals surface area contributed by atoms with Crippen LogP contribution >= 0.6 is 0 Å². The molecule has 0 aliphatic heterocycles. The van der Waals surface area contributed by atoms with Gasteiger partial charge >= 0.3 is 5.97 Å². The lowest BCUT2D eigenvalue weighted by molar-refractivity contribution is -0.141. The predicted octanol–water partition coefficient (Wildman–Crippen LogP) is 2.39. The van der Waals surface area contributed by atoms with Gasteiger partial charge in [-0.15, -0.1) is 0 Å². The van der Waals surface area contributed by atoms with Crippen molar-refractivity contribution in [3.05, 3.63) is 60.0 Å². The fraction of sp³-hybridized carbons (Fsp3) is 0.250. The van der Waals surface area contributed by atoms with E-state index in [0.717, 1.165) is 5.65 Å². The van der Waals surface area contributed by atoms with Crippen LogP contribution in [0.1, 0.15) is 28.4 Å². The number of amides is 1. The molecule has 1 amide bonds. The normalized spacial score (nSPS) is 11.7. The first kappa shape index (κ1) is 19.2. The van der Waals surface area contributed by atoms with E-state index < -0.39 is 12.0 Å². The fourth-order valence-corrected chi connectivity index (χ4v) is 2.87. The third-order valence-electron chi connectivity index (χ3n) is 4.36. The van der Waals surface area contributed by atoms with E-state index in [-0.39, 0.29) is 12.3 Å². The number of carbonyl (C=O) groups excluding carboxylic acids is 2. The van der Waals surface area contributed by atoms with Crippen molar-refractivity contribution in [1.82, 2.24) is 14.7 Å². The Bertz CT molecular complexity index is 998. The Labute approximate surface area is 162 Å². The quantitative estimate of drug-likeness (QED) is 0.630. The minimum absolute atomic E-state index is 0.0228. The highest BCUT2D eigenvalue weighted by molar-refractivity contribution is 5.94. The lowest BCUT2D eigenvalue weighted by Crippen LogP contribution is -2.30. The molecule has 1 atom stereocenters. The summed E-state index contributed by atoms with van der Waals surface area (Å²) in [7, 11) is 4.37. The van der Waals surface area contributed by atoms with E-state index in [0.29, 0.717) is 22.6 Å². The van der Waals surface area contributed by atoms with Gasteiger partial charge in [0.2, 0.25) is 0 Å². The van der Waals surface area contributed by atoms with Crippen LogP contribution in [-0.4, -0.2) is 42.6 Å². The largest absolute Gasteiger partial charge is 0.493 e. The van der Waals surface area contributed by atoms with Crippen molar-refractivity contribution in [3.63, 3.8) is 0 Å². The van der Waals surface area contributed by atoms with E-state index in [2.05, 4.69) is 10.3 Å². The van der Waals surface area contributed by atoms with Crippen molar-refractivity contribution >= 4 is 17.5 Å². The fourth-order valence-electron chi connectivity index (χ4n) is 2.87. The first-order valence-electron chi connectivity index (χ1n) is 8.58. The number of carbonyl (C=O) groups is 2. The first-order valence-corrected chi connectivity index (χ1v) is 8.58. The number of aromatic nitrogens is 2. The molecule has 0 spiro atoms. The highest BCUT2D eigenvalue weighted by atomic mass is 16.5. The molecule has 1 aromatic carbocycles. The van der Waals surface area contributed by atoms with Crippen LogP contribution < -0.4 is 14.8 Å². The molecule has 0 saturated carbocycles. The topological polar surface area (TPSA) is 91.2 Å². The zero-order valence-corrected chi connectivity index (χ0v) is 15.8. The van der Waals surface area contributed by atoms with Gasteiger partial charge in [0.1, 0.15) is 5.65 Å². The monoisotopic (exact) mass is 383 g/mol. The van der Waals surface area contributed by atoms with Crippen LogP contribution in [-0.2, 0) is 9.53 Å². The van der Waals surface area contributed by atoms with E-state index in [1.807, 2.05) is 0 Å². The van der Waals surface area contributed by atoms with Crippen LogP contribution in [0.4, 0.5) is 0 Å². The van der Waals surface area contributed by atoms with Crippen LogP contribution in [0.3, 0.4) is 0 Å². The molecule has 146 valence electrons. The number of ether oxygens (including phenoxy) is 3. The summed E-state index contributed by atoms with van der Waals surface area (Å²) in [6.45, 7) is 0. The Morgan fingerprint density at radius 3 is 2.61 bits per heavy atom. The number of benzene rings is 1. The second kappa shape index (κ2) is 8.43. The molecule has 8 nitrogen and oxygen atoms in total. The minimum Gasteiger partial charge on any atom is -0.493 e. The molecule has 0 saturated heterocycles. The molecule has 0 fully saturated rings. The Hall–Kier alpha value is -3.55. The van der Waals surface area contributed by atoms with Crippen LogP contribution in [0.2, 0.25) is 0 Å². The van der Waals surface area contributed by atoms with Gasteiger partial charge in [-0.1, -0.05) is 6.07 Å². The third-order valence-corrected chi connectivity index (χ3v) is 4.36. The second-order valence-electron chi connectivity index (χ2n) is 6.03. The van der Waals surface area contributed by atoms with Gasteiger partial charge in [0.15, 0.2) is 11.5 Å². The van der Waals surface area contributed by atoms with Gasteiger partial charge in [-0.2, -0.15) is 0 Å². The maximum atomic E-state index is 12.8. The van der Waals surface area contributed by atoms with Crippen LogP contribution in [0, 0.1) is 0 Å². The molecule has 28 heavy (non-hydrogen) atoms. The van der Waals surface area contributed by atoms with Crippen molar-refractivity contribution in [2.75, 3.05) is 21.3 Å². The van der Waals surface area contributed by atoms with E-state index in [9.17, 15) is 9.59 Å². The van der Waals surface area contributed by atoms with Gasteiger partial charge in [-0.3, -0.25) is 9.59 Å². The number of nitrogens with one attached hydrogen (secondary N) is 1. The highest BCUT2D eigenvalue weighted by Crippen LogP contribution is 2.31. The maximum absolute atomic E-state index is 12.8. The van der Waals surface area contributed by atoms with Gasteiger partial charge < -0.3 is 23.9 Å². The number of imidazole rings is 1. The number of rotatable bonds is 7. The van der Waals surface area contributed by atoms with Gasteiger partial charge in [0.25, 0.3) is 5.91 Å². The predicted molar refractivity (Wildman–Crippen MR) is 102 cm³/mol. The van der Waals surface area contributed by atoms with E-state index >= 15 is 0 Å². The maximum Gasteiger partial charge on any atom is 0.307 e. The summed E-state index contributed by atoms with van der Waals surface area (Å²) in [6, 6.07) is 8.06. The minimum atomic E-state index is -0.599. The third kappa shape index (κ3) is 4.06. The SMILES string of the molecule is COC(=O)CC(NC(=O)c1ccc2nccn2c1)c1ccc(OC)c(OC)c1. The van der Waals surface area contributed by atoms with Gasteiger partial charge in [-0.05, 0) is 29.8 Å². The number of esters is 1. The van der Waals surface area contributed by atoms with Crippen molar-refractivity contribution in [2.45, 2.75) is 12.5 Å². The molecule has 0 aliphatic carbocycles. The van der Waals surface area contributed by atoms with Crippen molar-refractivity contribution in [1.29, 1.82) is 0 Å². The van der Waals surface area contributed by atoms with Crippen LogP contribution in [0.5, 0.6) is 11.5 Å². The molecule has 3 rings (SSSR count). The zero-order valence-electron chi connectivity index (χ0n) is 15.8. The number of fused-ring (bicyclic) bond motifs is 1. The second-order valence-corrected chi connectivity index (χ2v) is 6.03. The summed E-state index contributed by atoms with van der Waals surface area (Å²) >= 11 is 0. The lowest BCUT2D eigenvalue weighted by atomic mass is 10.0. The summed E-state index contributed by atoms with van der Waals surface area (Å²) in [5.41, 5.74) is 1.88. The van der Waals surface area contributed by atoms with Crippen molar-refractivity contribution < 1.29 is 23.8 Å². The lowest BCUT2D eigenvalue weighted by Gasteiger charge is -2.20. The van der Waals surface area contributed by atoms with Crippen LogP contribution in [0.15, 0.2) is 48.9 Å². The highest BCUT2D eigenvalue weighted by Gasteiger charge is 2.21. The molecule has 2 heterocycles. The average Bonchev–Trinajstić information content (AvgIpc) is 3.20. The summed E-state index contributed by atoms with van der Waals surface area (Å²) in [6.07, 6.45) is 5.07. The molecule has 8 heteroatoms. The first-order chi connectivity index (χ1) is 13.5. The number of pyridine rings is 1. The standard InChI is InChI=1S/C20H21N3O5/c1-26-16-6-4-13(10-17(16)27-2)15(11-19(24)28-3)22-20(25)14-5-7-18-21-8-9-23(18)12-14/h4-10,12,15H,11H2,1-3H3,(H,22,25). The summed E-state index contributed by atoms with van der Waals surface area (Å²) in [4.78, 5) is 28.8. The molecule has 1 N–H and O–H groups in total. The Morgan fingerprint density at radius 1 is 1.11 bits per heavy atom. The van der Waals surface area contributed by atoms with E-state index in [1.54, 1.807) is 53.3 Å². The molecular weight excluding hydrogens is 362 g/mol.